The smallest absolute Gasteiger partial charge is 0.334 e. The Balaban J connectivity index is 1.39. The number of aliphatic hydroxyl groups excluding tert-OH is 2. The van der Waals surface area contributed by atoms with E-state index in [2.05, 4.69) is 51.6 Å². The molecule has 240 valence electrons. The van der Waals surface area contributed by atoms with Gasteiger partial charge in [0.25, 0.3) is 0 Å². The second-order valence-corrected chi connectivity index (χ2v) is 14.5. The van der Waals surface area contributed by atoms with E-state index < -0.39 is 34.6 Å². The summed E-state index contributed by atoms with van der Waals surface area (Å²) in [6.45, 7) is 4.52. The molecule has 5 bridgehead atoms. The second-order valence-electron chi connectivity index (χ2n) is 14.5. The first kappa shape index (κ1) is 30.2. The molecule has 44 heavy (non-hydrogen) atoms. The number of nitrogens with one attached hydrogen (secondary N) is 2. The summed E-state index contributed by atoms with van der Waals surface area (Å²) in [5.74, 6) is 7.31. The van der Waals surface area contributed by atoms with Crippen LogP contribution in [0.4, 0.5) is 0 Å². The van der Waals surface area contributed by atoms with Gasteiger partial charge >= 0.3 is 5.97 Å². The van der Waals surface area contributed by atoms with Crippen LogP contribution in [0, 0.1) is 52.3 Å². The van der Waals surface area contributed by atoms with Gasteiger partial charge in [-0.3, -0.25) is 4.99 Å². The lowest BCUT2D eigenvalue weighted by atomic mass is 9.44. The molecule has 10 nitrogen and oxygen atoms in total. The minimum Gasteiger partial charge on any atom is -0.478 e. The Morgan fingerprint density at radius 2 is 2.09 bits per heavy atom. The number of aliphatic carboxylic acids is 1. The van der Waals surface area contributed by atoms with Gasteiger partial charge in [-0.05, 0) is 80.6 Å². The maximum absolute atomic E-state index is 13.4. The van der Waals surface area contributed by atoms with E-state index in [4.69, 9.17) is 4.74 Å². The maximum Gasteiger partial charge on any atom is 0.334 e. The quantitative estimate of drug-likeness (QED) is 0.195. The molecule has 0 aromatic heterocycles. The highest BCUT2D eigenvalue weighted by atomic mass is 16.5. The van der Waals surface area contributed by atoms with Gasteiger partial charge in [0.1, 0.15) is 5.60 Å². The third-order valence-corrected chi connectivity index (χ3v) is 12.8. The highest BCUT2D eigenvalue weighted by Crippen LogP contribution is 2.78. The van der Waals surface area contributed by atoms with Gasteiger partial charge in [0.05, 0.1) is 37.0 Å². The topological polar surface area (TPSA) is 147 Å². The number of carbonyl (C=O) groups is 1. The van der Waals surface area contributed by atoms with Crippen molar-refractivity contribution in [1.82, 2.24) is 15.5 Å². The fraction of sp³-hybridized carbons (Fsp3) is 0.765. The van der Waals surface area contributed by atoms with Crippen LogP contribution in [0.25, 0.3) is 0 Å². The molecule has 7 aliphatic rings. The Morgan fingerprint density at radius 1 is 1.27 bits per heavy atom. The van der Waals surface area contributed by atoms with Crippen molar-refractivity contribution in [3.05, 3.63) is 23.4 Å². The molecule has 0 aromatic rings. The summed E-state index contributed by atoms with van der Waals surface area (Å²) in [5, 5.41) is 50.7. The third kappa shape index (κ3) is 4.19. The Labute approximate surface area is 260 Å². The number of guanidine groups is 1. The average Bonchev–Trinajstić information content (AvgIpc) is 3.38. The molecule has 3 saturated carbocycles. The van der Waals surface area contributed by atoms with Crippen molar-refractivity contribution < 1.29 is 30.0 Å². The number of hydrogen-bond acceptors (Lipinski definition) is 7. The summed E-state index contributed by atoms with van der Waals surface area (Å²) in [7, 11) is 1.77. The molecule has 4 fully saturated rings. The van der Waals surface area contributed by atoms with E-state index >= 15 is 0 Å². The summed E-state index contributed by atoms with van der Waals surface area (Å²) in [6.07, 6.45) is 8.55. The molecule has 6 N–H and O–H groups in total. The molecule has 4 aliphatic carbocycles. The highest BCUT2D eigenvalue weighted by molar-refractivity contribution is 5.92. The van der Waals surface area contributed by atoms with Gasteiger partial charge < -0.3 is 40.7 Å². The maximum atomic E-state index is 13.4. The predicted octanol–water partition coefficient (Wildman–Crippen LogP) is 1.48. The first-order chi connectivity index (χ1) is 21.2. The van der Waals surface area contributed by atoms with Crippen LogP contribution in [-0.4, -0.2) is 101 Å². The van der Waals surface area contributed by atoms with Crippen molar-refractivity contribution in [2.45, 2.75) is 82.2 Å². The van der Waals surface area contributed by atoms with Crippen molar-refractivity contribution >= 4 is 11.9 Å². The number of carboxylic acids is 1. The van der Waals surface area contributed by atoms with Crippen LogP contribution in [0.15, 0.2) is 28.4 Å². The third-order valence-electron chi connectivity index (χ3n) is 12.8. The van der Waals surface area contributed by atoms with Crippen molar-refractivity contribution in [3.8, 4) is 11.8 Å². The van der Waals surface area contributed by atoms with E-state index in [0.29, 0.717) is 57.8 Å². The normalized spacial score (nSPS) is 46.6. The van der Waals surface area contributed by atoms with Crippen LogP contribution in [0.2, 0.25) is 0 Å². The molecule has 3 heterocycles. The lowest BCUT2D eigenvalue weighted by molar-refractivity contribution is -0.197. The summed E-state index contributed by atoms with van der Waals surface area (Å²) in [5.41, 5.74) is -1.61. The second kappa shape index (κ2) is 11.1. The number of nitrogens with zero attached hydrogens (tertiary/aromatic N) is 2. The minimum atomic E-state index is -1.63. The number of aliphatic imine (C=N–C) groups is 1. The molecular weight excluding hydrogens is 560 g/mol. The van der Waals surface area contributed by atoms with Crippen LogP contribution >= 0.6 is 0 Å². The Bertz CT molecular complexity index is 1340. The lowest BCUT2D eigenvalue weighted by Crippen LogP contribution is -2.65. The summed E-state index contributed by atoms with van der Waals surface area (Å²) < 4.78 is 6.67. The zero-order valence-corrected chi connectivity index (χ0v) is 26.0. The van der Waals surface area contributed by atoms with E-state index in [9.17, 15) is 25.2 Å². The van der Waals surface area contributed by atoms with Gasteiger partial charge in [-0.15, -0.1) is 0 Å². The van der Waals surface area contributed by atoms with Gasteiger partial charge in [0.2, 0.25) is 0 Å². The van der Waals surface area contributed by atoms with Crippen molar-refractivity contribution in [2.75, 3.05) is 39.8 Å². The number of carboxylic acid groups (broad SMARTS) is 1. The molecule has 11 atom stereocenters. The Kier molecular flexibility index (Phi) is 7.65. The number of fused-ring (bicyclic) bond motifs is 2. The molecule has 3 aliphatic heterocycles. The van der Waals surface area contributed by atoms with Crippen molar-refractivity contribution in [2.24, 2.45) is 45.4 Å². The highest BCUT2D eigenvalue weighted by Gasteiger charge is 2.77. The molecule has 0 radical (unpaired) electrons. The summed E-state index contributed by atoms with van der Waals surface area (Å²) in [6, 6.07) is 0. The van der Waals surface area contributed by atoms with Gasteiger partial charge in [0, 0.05) is 49.6 Å². The van der Waals surface area contributed by atoms with Gasteiger partial charge in [-0.1, -0.05) is 24.8 Å². The number of hydrogen-bond donors (Lipinski definition) is 6. The first-order valence-corrected chi connectivity index (χ1v) is 16.7. The van der Waals surface area contributed by atoms with Crippen molar-refractivity contribution in [1.29, 1.82) is 0 Å². The van der Waals surface area contributed by atoms with E-state index in [1.807, 2.05) is 0 Å². The zero-order chi connectivity index (χ0) is 30.9. The molecule has 7 rings (SSSR count). The van der Waals surface area contributed by atoms with E-state index in [0.717, 1.165) is 37.2 Å². The molecule has 0 amide bonds. The summed E-state index contributed by atoms with van der Waals surface area (Å²) >= 11 is 0. The van der Waals surface area contributed by atoms with Crippen LogP contribution in [-0.2, 0) is 9.53 Å². The fourth-order valence-electron chi connectivity index (χ4n) is 11.2. The Morgan fingerprint density at radius 3 is 2.86 bits per heavy atom. The van der Waals surface area contributed by atoms with Crippen molar-refractivity contribution in [3.63, 3.8) is 0 Å². The molecule has 1 saturated heterocycles. The van der Waals surface area contributed by atoms with Crippen LogP contribution < -0.4 is 10.6 Å². The largest absolute Gasteiger partial charge is 0.478 e. The molecule has 0 aromatic carbocycles. The average molecular weight is 609 g/mol. The van der Waals surface area contributed by atoms with Gasteiger partial charge in [0.15, 0.2) is 5.96 Å². The fourth-order valence-corrected chi connectivity index (χ4v) is 11.2. The molecule has 2 spiro atoms. The standard InChI is InChI=1S/C34H48N4O6/c1-20-14-22-4-3-10-37-31(35-2)38-12-9-23(17-36-11-13-39)33(19-38)25(22)16-26-29(30(41)42)34(43,18-32(20,26)33)28-8-6-21-5-7-24(40)15-27(21)44-28/h9,12,20-25,27-28,36,39-40,43H,5-8,10-11,13-19H2,1-2H3,(H,35,37)(H,41,42)/t20-,21-,22-,23-,24-,25+,27-,28+,32+,33+,34+/m1/s1. The van der Waals surface area contributed by atoms with E-state index in [1.54, 1.807) is 7.05 Å². The first-order valence-electron chi connectivity index (χ1n) is 16.7. The van der Waals surface area contributed by atoms with Crippen LogP contribution in [0.3, 0.4) is 0 Å². The van der Waals surface area contributed by atoms with Crippen LogP contribution in [0.1, 0.15) is 58.3 Å². The number of rotatable bonds is 6. The number of aliphatic hydroxyl groups is 3. The minimum absolute atomic E-state index is 0.0277. The van der Waals surface area contributed by atoms with E-state index in [1.165, 1.54) is 0 Å². The SMILES string of the molecule is CN=C1NCC#C[C@@H]2C[C@@H](C)[C@@]34C[C@](O)([C@@H]5CC[C@H]6CC[C@@H](O)C[C@H]6O5)C(C(=O)O)=C3C[C@@H]2[C@@]42CN1C=C[C@@H]2CNCCO. The number of allylic oxidation sites excluding steroid dienone is 1. The molecule has 10 heteroatoms. The number of ether oxygens (including phenoxy) is 1. The van der Waals surface area contributed by atoms with Crippen LogP contribution in [0.5, 0.6) is 0 Å². The molecule has 0 unspecified atom stereocenters. The Hall–Kier alpha value is -2.42. The summed E-state index contributed by atoms with van der Waals surface area (Å²) in [4.78, 5) is 20.1. The lowest BCUT2D eigenvalue weighted by Gasteiger charge is -2.62. The molecular formula is C34H48N4O6. The van der Waals surface area contributed by atoms with Gasteiger partial charge in [-0.2, -0.15) is 0 Å². The van der Waals surface area contributed by atoms with Gasteiger partial charge in [-0.25, -0.2) is 4.79 Å². The predicted molar refractivity (Wildman–Crippen MR) is 164 cm³/mol. The van der Waals surface area contributed by atoms with E-state index in [-0.39, 0.29) is 42.0 Å². The monoisotopic (exact) mass is 608 g/mol. The zero-order valence-electron chi connectivity index (χ0n) is 26.0.